The van der Waals surface area contributed by atoms with Crippen molar-refractivity contribution in [3.63, 3.8) is 0 Å². The summed E-state index contributed by atoms with van der Waals surface area (Å²) < 4.78 is 0. The summed E-state index contributed by atoms with van der Waals surface area (Å²) in [6.45, 7) is 8.14. The maximum atomic E-state index is 11.6. The van der Waals surface area contributed by atoms with Gasteiger partial charge in [-0.1, -0.05) is 27.7 Å². The van der Waals surface area contributed by atoms with E-state index in [4.69, 9.17) is 0 Å². The highest BCUT2D eigenvalue weighted by Gasteiger charge is 2.38. The first-order valence-corrected chi connectivity index (χ1v) is 5.28. The molecule has 1 amide bonds. The number of aldehydes is 1. The van der Waals surface area contributed by atoms with Crippen LogP contribution in [0.1, 0.15) is 40.5 Å². The molecule has 0 atom stereocenters. The lowest BCUT2D eigenvalue weighted by Gasteiger charge is -2.40. The summed E-state index contributed by atoms with van der Waals surface area (Å²) >= 11 is 0. The van der Waals surface area contributed by atoms with Crippen LogP contribution in [0.4, 0.5) is 0 Å². The molecule has 0 aliphatic heterocycles. The van der Waals surface area contributed by atoms with Crippen molar-refractivity contribution in [2.24, 2.45) is 10.8 Å². The van der Waals surface area contributed by atoms with Gasteiger partial charge in [0, 0.05) is 26.9 Å². The van der Waals surface area contributed by atoms with Crippen LogP contribution in [0.3, 0.4) is 0 Å². The lowest BCUT2D eigenvalue weighted by molar-refractivity contribution is -0.133. The Balaban J connectivity index is 4.66. The standard InChI is InChI=1S/C12H23NO2/c1-11(2,7-8-14)12(3,4)9-10(15)13(5)6/h8H,7,9H2,1-6H3. The summed E-state index contributed by atoms with van der Waals surface area (Å²) in [5.74, 6) is 0.110. The molecule has 0 spiro atoms. The minimum Gasteiger partial charge on any atom is -0.349 e. The molecule has 3 heteroatoms. The van der Waals surface area contributed by atoms with Crippen molar-refractivity contribution in [3.05, 3.63) is 0 Å². The second kappa shape index (κ2) is 4.77. The van der Waals surface area contributed by atoms with Crippen molar-refractivity contribution in [1.82, 2.24) is 4.90 Å². The minimum absolute atomic E-state index is 0.110. The highest BCUT2D eigenvalue weighted by Crippen LogP contribution is 2.43. The summed E-state index contributed by atoms with van der Waals surface area (Å²) in [6, 6.07) is 0. The first-order chi connectivity index (χ1) is 6.64. The van der Waals surface area contributed by atoms with E-state index in [-0.39, 0.29) is 16.7 Å². The van der Waals surface area contributed by atoms with Crippen LogP contribution in [-0.4, -0.2) is 31.2 Å². The van der Waals surface area contributed by atoms with Gasteiger partial charge < -0.3 is 9.69 Å². The molecule has 0 saturated carbocycles. The number of carbonyl (C=O) groups excluding carboxylic acids is 2. The molecular formula is C12H23NO2. The summed E-state index contributed by atoms with van der Waals surface area (Å²) in [6.07, 6.45) is 1.89. The van der Waals surface area contributed by atoms with Crippen LogP contribution < -0.4 is 0 Å². The van der Waals surface area contributed by atoms with E-state index in [9.17, 15) is 9.59 Å². The predicted molar refractivity (Wildman–Crippen MR) is 61.6 cm³/mol. The molecule has 0 heterocycles. The average Bonchev–Trinajstić information content (AvgIpc) is 2.02. The number of amides is 1. The Labute approximate surface area is 92.8 Å². The van der Waals surface area contributed by atoms with Gasteiger partial charge in [0.1, 0.15) is 6.29 Å². The first kappa shape index (κ1) is 14.1. The lowest BCUT2D eigenvalue weighted by atomic mass is 9.64. The highest BCUT2D eigenvalue weighted by atomic mass is 16.2. The van der Waals surface area contributed by atoms with Crippen LogP contribution in [-0.2, 0) is 9.59 Å². The Hall–Kier alpha value is -0.860. The molecule has 0 aromatic carbocycles. The summed E-state index contributed by atoms with van der Waals surface area (Å²) in [4.78, 5) is 23.8. The molecule has 3 nitrogen and oxygen atoms in total. The quantitative estimate of drug-likeness (QED) is 0.656. The minimum atomic E-state index is -0.171. The Morgan fingerprint density at radius 1 is 1.13 bits per heavy atom. The van der Waals surface area contributed by atoms with Gasteiger partial charge in [-0.3, -0.25) is 4.79 Å². The lowest BCUT2D eigenvalue weighted by Crippen LogP contribution is -2.38. The van der Waals surface area contributed by atoms with Crippen molar-refractivity contribution < 1.29 is 9.59 Å². The van der Waals surface area contributed by atoms with E-state index in [1.165, 1.54) is 0 Å². The Bertz CT molecular complexity index is 242. The van der Waals surface area contributed by atoms with Crippen molar-refractivity contribution >= 4 is 12.2 Å². The second-order valence-electron chi connectivity index (χ2n) is 5.60. The molecule has 88 valence electrons. The number of hydrogen-bond acceptors (Lipinski definition) is 2. The maximum absolute atomic E-state index is 11.6. The zero-order valence-electron chi connectivity index (χ0n) is 10.8. The highest BCUT2D eigenvalue weighted by molar-refractivity contribution is 5.76. The maximum Gasteiger partial charge on any atom is 0.222 e. The van der Waals surface area contributed by atoms with E-state index < -0.39 is 0 Å². The van der Waals surface area contributed by atoms with Crippen LogP contribution >= 0.6 is 0 Å². The molecule has 0 rings (SSSR count). The fourth-order valence-electron chi connectivity index (χ4n) is 1.26. The van der Waals surface area contributed by atoms with E-state index in [1.54, 1.807) is 19.0 Å². The van der Waals surface area contributed by atoms with Crippen molar-refractivity contribution in [2.75, 3.05) is 14.1 Å². The van der Waals surface area contributed by atoms with Crippen LogP contribution in [0.2, 0.25) is 0 Å². The predicted octanol–water partition coefficient (Wildman–Crippen LogP) is 2.11. The van der Waals surface area contributed by atoms with Gasteiger partial charge in [0.25, 0.3) is 0 Å². The molecule has 0 N–H and O–H groups in total. The molecule has 0 bridgehead atoms. The fourth-order valence-corrected chi connectivity index (χ4v) is 1.26. The largest absolute Gasteiger partial charge is 0.349 e. The van der Waals surface area contributed by atoms with Crippen molar-refractivity contribution in [2.45, 2.75) is 40.5 Å². The molecule has 0 aromatic rings. The molecule has 0 fully saturated rings. The summed E-state index contributed by atoms with van der Waals surface area (Å²) in [5.41, 5.74) is -0.324. The van der Waals surface area contributed by atoms with Crippen LogP contribution in [0.25, 0.3) is 0 Å². The topological polar surface area (TPSA) is 37.4 Å². The van der Waals surface area contributed by atoms with Gasteiger partial charge in [-0.15, -0.1) is 0 Å². The molecule has 0 unspecified atom stereocenters. The van der Waals surface area contributed by atoms with Gasteiger partial charge in [-0.2, -0.15) is 0 Å². The second-order valence-corrected chi connectivity index (χ2v) is 5.60. The molecular weight excluding hydrogens is 190 g/mol. The van der Waals surface area contributed by atoms with E-state index in [0.717, 1.165) is 6.29 Å². The van der Waals surface area contributed by atoms with E-state index in [0.29, 0.717) is 12.8 Å². The molecule has 15 heavy (non-hydrogen) atoms. The molecule has 0 aliphatic carbocycles. The summed E-state index contributed by atoms with van der Waals surface area (Å²) in [5, 5.41) is 0. The van der Waals surface area contributed by atoms with Crippen LogP contribution in [0.5, 0.6) is 0 Å². The number of hydrogen-bond donors (Lipinski definition) is 0. The first-order valence-electron chi connectivity index (χ1n) is 5.28. The number of nitrogens with zero attached hydrogens (tertiary/aromatic N) is 1. The third-order valence-corrected chi connectivity index (χ3v) is 3.52. The van der Waals surface area contributed by atoms with E-state index >= 15 is 0 Å². The van der Waals surface area contributed by atoms with E-state index in [2.05, 4.69) is 0 Å². The Kier molecular flexibility index (Phi) is 4.50. The smallest absolute Gasteiger partial charge is 0.222 e. The summed E-state index contributed by atoms with van der Waals surface area (Å²) in [7, 11) is 3.51. The molecule has 0 aliphatic rings. The third kappa shape index (κ3) is 3.65. The fraction of sp³-hybridized carbons (Fsp3) is 0.833. The molecule has 0 saturated heterocycles. The third-order valence-electron chi connectivity index (χ3n) is 3.52. The van der Waals surface area contributed by atoms with Gasteiger partial charge >= 0.3 is 0 Å². The SMILES string of the molecule is CN(C)C(=O)CC(C)(C)C(C)(C)CC=O. The molecule has 0 aromatic heterocycles. The Morgan fingerprint density at radius 2 is 1.60 bits per heavy atom. The monoisotopic (exact) mass is 213 g/mol. The molecule has 0 radical (unpaired) electrons. The zero-order chi connectivity index (χ0) is 12.3. The van der Waals surface area contributed by atoms with Gasteiger partial charge in [-0.25, -0.2) is 0 Å². The van der Waals surface area contributed by atoms with E-state index in [1.807, 2.05) is 27.7 Å². The number of rotatable bonds is 5. The Morgan fingerprint density at radius 3 is 1.93 bits per heavy atom. The van der Waals surface area contributed by atoms with Crippen LogP contribution in [0, 0.1) is 10.8 Å². The van der Waals surface area contributed by atoms with Gasteiger partial charge in [0.2, 0.25) is 5.91 Å². The number of carbonyl (C=O) groups is 2. The zero-order valence-corrected chi connectivity index (χ0v) is 10.8. The average molecular weight is 213 g/mol. The van der Waals surface area contributed by atoms with Crippen LogP contribution in [0.15, 0.2) is 0 Å². The van der Waals surface area contributed by atoms with Gasteiger partial charge in [0.05, 0.1) is 0 Å². The van der Waals surface area contributed by atoms with Gasteiger partial charge in [-0.05, 0) is 10.8 Å². The normalized spacial score (nSPS) is 12.4. The van der Waals surface area contributed by atoms with Gasteiger partial charge in [0.15, 0.2) is 0 Å². The van der Waals surface area contributed by atoms with Crippen molar-refractivity contribution in [3.8, 4) is 0 Å². The van der Waals surface area contributed by atoms with Crippen molar-refractivity contribution in [1.29, 1.82) is 0 Å².